The van der Waals surface area contributed by atoms with Crippen molar-refractivity contribution in [1.82, 2.24) is 9.97 Å². The van der Waals surface area contributed by atoms with Gasteiger partial charge in [-0.15, -0.1) is 0 Å². The molecule has 160 valence electrons. The van der Waals surface area contributed by atoms with Crippen LogP contribution in [-0.2, 0) is 12.1 Å². The van der Waals surface area contributed by atoms with Crippen molar-refractivity contribution in [1.29, 1.82) is 0 Å². The topological polar surface area (TPSA) is 60.8 Å². The average Bonchev–Trinajstić information content (AvgIpc) is 3.46. The van der Waals surface area contributed by atoms with Gasteiger partial charge in [-0.3, -0.25) is 0 Å². The second-order valence-electron chi connectivity index (χ2n) is 7.18. The van der Waals surface area contributed by atoms with E-state index in [1.54, 1.807) is 24.3 Å². The molecule has 0 spiro atoms. The first kappa shape index (κ1) is 23.1. The Labute approximate surface area is 196 Å². The third kappa shape index (κ3) is 5.76. The van der Waals surface area contributed by atoms with Gasteiger partial charge in [0.25, 0.3) is 12.1 Å². The summed E-state index contributed by atoms with van der Waals surface area (Å²) in [4.78, 5) is 15.3. The molecule has 2 aromatic carbocycles. The lowest BCUT2D eigenvalue weighted by Gasteiger charge is -2.04. The zero-order chi connectivity index (χ0) is 23.1. The predicted molar refractivity (Wildman–Crippen MR) is 124 cm³/mol. The quantitative estimate of drug-likeness (QED) is 0.292. The van der Waals surface area contributed by atoms with E-state index in [1.165, 1.54) is 12.5 Å². The predicted octanol–water partition coefficient (Wildman–Crippen LogP) is 7.56. The summed E-state index contributed by atoms with van der Waals surface area (Å²) in [5, 5.41) is 1.34. The zero-order valence-corrected chi connectivity index (χ0v) is 18.9. The van der Waals surface area contributed by atoms with E-state index in [2.05, 4.69) is 19.7 Å². The summed E-state index contributed by atoms with van der Waals surface area (Å²) in [6.07, 6.45) is 3.03. The van der Waals surface area contributed by atoms with Gasteiger partial charge in [0.1, 0.15) is 12.5 Å². The van der Waals surface area contributed by atoms with Crippen LogP contribution in [0.4, 0.5) is 0 Å². The van der Waals surface area contributed by atoms with Gasteiger partial charge in [0, 0.05) is 35.0 Å². The molecule has 8 heteroatoms. The van der Waals surface area contributed by atoms with Gasteiger partial charge in [-0.2, -0.15) is 0 Å². The van der Waals surface area contributed by atoms with E-state index in [-0.39, 0.29) is 6.54 Å². The summed E-state index contributed by atoms with van der Waals surface area (Å²) in [5.74, 6) is 1.03. The molecule has 2 aromatic heterocycles. The number of rotatable bonds is 4. The SMILES string of the molecule is [C-]#[N+]C(C)(C)c1coc(-c2ccc(Cl)cc2)n1.[C-]#[N+]Cc1coc(-c2ccc(Cl)cc2)n1. The maximum absolute atomic E-state index is 7.11. The molecule has 0 N–H and O–H groups in total. The van der Waals surface area contributed by atoms with Gasteiger partial charge >= 0.3 is 0 Å². The lowest BCUT2D eigenvalue weighted by molar-refractivity contribution is 0.563. The van der Waals surface area contributed by atoms with E-state index in [0.717, 1.165) is 11.1 Å². The van der Waals surface area contributed by atoms with Gasteiger partial charge < -0.3 is 18.5 Å². The van der Waals surface area contributed by atoms with Gasteiger partial charge in [-0.25, -0.2) is 23.1 Å². The smallest absolute Gasteiger partial charge is 0.271 e. The largest absolute Gasteiger partial charge is 0.444 e. The number of hydrogen-bond donors (Lipinski definition) is 0. The highest BCUT2D eigenvalue weighted by Crippen LogP contribution is 2.28. The molecule has 0 amide bonds. The van der Waals surface area contributed by atoms with Crippen LogP contribution >= 0.6 is 23.2 Å². The number of hydrogen-bond acceptors (Lipinski definition) is 4. The van der Waals surface area contributed by atoms with E-state index in [9.17, 15) is 0 Å². The first-order valence-electron chi connectivity index (χ1n) is 9.46. The Bertz CT molecular complexity index is 1260. The second kappa shape index (κ2) is 10.2. The first-order valence-corrected chi connectivity index (χ1v) is 10.2. The summed E-state index contributed by atoms with van der Waals surface area (Å²) in [6.45, 7) is 17.7. The van der Waals surface area contributed by atoms with Crippen LogP contribution < -0.4 is 0 Å². The molecule has 0 atom stereocenters. The minimum absolute atomic E-state index is 0.247. The van der Waals surface area contributed by atoms with Gasteiger partial charge in [-0.05, 0) is 48.5 Å². The fraction of sp³-hybridized carbons (Fsp3) is 0.167. The monoisotopic (exact) mass is 464 g/mol. The van der Waals surface area contributed by atoms with Crippen molar-refractivity contribution < 1.29 is 8.83 Å². The Morgan fingerprint density at radius 1 is 0.812 bits per heavy atom. The second-order valence-corrected chi connectivity index (χ2v) is 8.06. The maximum atomic E-state index is 7.11. The molecule has 0 saturated heterocycles. The number of oxazole rings is 2. The number of halogens is 2. The molecule has 0 fully saturated rings. The Morgan fingerprint density at radius 3 is 1.81 bits per heavy atom. The number of nitrogens with zero attached hydrogens (tertiary/aromatic N) is 4. The molecule has 0 aliphatic rings. The zero-order valence-electron chi connectivity index (χ0n) is 17.3. The van der Waals surface area contributed by atoms with Crippen LogP contribution in [-0.4, -0.2) is 9.97 Å². The maximum Gasteiger partial charge on any atom is 0.271 e. The fourth-order valence-electron chi connectivity index (χ4n) is 2.52. The molecule has 6 nitrogen and oxygen atoms in total. The summed E-state index contributed by atoms with van der Waals surface area (Å²) < 4.78 is 10.6. The molecule has 0 saturated carbocycles. The van der Waals surface area contributed by atoms with Crippen LogP contribution in [0.2, 0.25) is 10.0 Å². The van der Waals surface area contributed by atoms with Crippen LogP contribution in [0.5, 0.6) is 0 Å². The molecule has 0 bridgehead atoms. The summed E-state index contributed by atoms with van der Waals surface area (Å²) in [5.41, 5.74) is 2.33. The van der Waals surface area contributed by atoms with E-state index in [1.807, 2.05) is 38.1 Å². The minimum atomic E-state index is -0.659. The van der Waals surface area contributed by atoms with Crippen molar-refractivity contribution in [2.75, 3.05) is 0 Å². The van der Waals surface area contributed by atoms with Crippen molar-refractivity contribution in [2.24, 2.45) is 0 Å². The van der Waals surface area contributed by atoms with E-state index in [0.29, 0.717) is 33.2 Å². The Balaban J connectivity index is 0.000000182. The van der Waals surface area contributed by atoms with E-state index >= 15 is 0 Å². The molecule has 4 rings (SSSR count). The normalized spacial score (nSPS) is 10.6. The average molecular weight is 465 g/mol. The summed E-state index contributed by atoms with van der Waals surface area (Å²) in [7, 11) is 0. The standard InChI is InChI=1S/C13H11ClN2O.C11H7ClN2O/c1-13(2,15-3)11-8-17-12(16-11)9-4-6-10(14)7-5-9;1-13-6-10-7-15-11(14-10)8-2-4-9(12)5-3-8/h4-8H,1-2H3;2-5,7H,6H2. The van der Waals surface area contributed by atoms with Crippen LogP contribution in [0.3, 0.4) is 0 Å². The molecule has 32 heavy (non-hydrogen) atoms. The highest BCUT2D eigenvalue weighted by molar-refractivity contribution is 6.30. The Morgan fingerprint density at radius 2 is 1.31 bits per heavy atom. The molecular formula is C24H18Cl2N4O2. The van der Waals surface area contributed by atoms with E-state index in [4.69, 9.17) is 45.2 Å². The molecule has 0 unspecified atom stereocenters. The summed E-state index contributed by atoms with van der Waals surface area (Å²) in [6, 6.07) is 14.4. The van der Waals surface area contributed by atoms with Crippen LogP contribution in [0.15, 0.2) is 69.9 Å². The Kier molecular flexibility index (Phi) is 7.33. The molecule has 0 aliphatic carbocycles. The van der Waals surface area contributed by atoms with Crippen molar-refractivity contribution in [3.8, 4) is 22.9 Å². The molecule has 0 aliphatic heterocycles. The van der Waals surface area contributed by atoms with Crippen molar-refractivity contribution in [3.05, 3.63) is 105 Å². The summed E-state index contributed by atoms with van der Waals surface area (Å²) >= 11 is 11.6. The molecular weight excluding hydrogens is 447 g/mol. The third-order valence-corrected chi connectivity index (χ3v) is 4.89. The lowest BCUT2D eigenvalue weighted by atomic mass is 10.0. The van der Waals surface area contributed by atoms with Gasteiger partial charge in [0.15, 0.2) is 11.4 Å². The van der Waals surface area contributed by atoms with Crippen LogP contribution in [0.25, 0.3) is 32.6 Å². The van der Waals surface area contributed by atoms with Crippen molar-refractivity contribution in [2.45, 2.75) is 25.9 Å². The fourth-order valence-corrected chi connectivity index (χ4v) is 2.77. The lowest BCUT2D eigenvalue weighted by Crippen LogP contribution is -2.11. The van der Waals surface area contributed by atoms with Crippen LogP contribution in [0.1, 0.15) is 25.2 Å². The van der Waals surface area contributed by atoms with Crippen molar-refractivity contribution in [3.63, 3.8) is 0 Å². The first-order chi connectivity index (χ1) is 15.3. The molecule has 4 aromatic rings. The van der Waals surface area contributed by atoms with Gasteiger partial charge in [0.2, 0.25) is 11.8 Å². The van der Waals surface area contributed by atoms with E-state index < -0.39 is 5.54 Å². The van der Waals surface area contributed by atoms with Crippen LogP contribution in [0, 0.1) is 13.1 Å². The number of benzene rings is 2. The minimum Gasteiger partial charge on any atom is -0.444 e. The van der Waals surface area contributed by atoms with Gasteiger partial charge in [0.05, 0.1) is 0 Å². The highest BCUT2D eigenvalue weighted by Gasteiger charge is 2.30. The van der Waals surface area contributed by atoms with Crippen molar-refractivity contribution >= 4 is 23.2 Å². The Hall–Kier alpha value is -3.58. The highest BCUT2D eigenvalue weighted by atomic mass is 35.5. The molecule has 2 heterocycles. The van der Waals surface area contributed by atoms with Gasteiger partial charge in [-0.1, -0.05) is 23.2 Å². The third-order valence-electron chi connectivity index (χ3n) is 4.39. The number of aromatic nitrogens is 2. The molecule has 0 radical (unpaired) electrons.